The topological polar surface area (TPSA) is 113 Å². The predicted octanol–water partition coefficient (Wildman–Crippen LogP) is 4.87. The molecule has 202 valence electrons. The third-order valence-electron chi connectivity index (χ3n) is 6.20. The molecular weight excluding hydrogens is 498 g/mol. The molecule has 0 amide bonds. The minimum Gasteiger partial charge on any atom is -0.493 e. The molecule has 9 heteroatoms. The second kappa shape index (κ2) is 12.3. The molecule has 0 aliphatic rings. The van der Waals surface area contributed by atoms with Gasteiger partial charge in [-0.3, -0.25) is 0 Å². The van der Waals surface area contributed by atoms with Crippen molar-refractivity contribution in [3.8, 4) is 23.3 Å². The van der Waals surface area contributed by atoms with E-state index in [0.717, 1.165) is 0 Å². The number of carboxylic acid groups (broad SMARTS) is 1. The molecule has 0 spiro atoms. The van der Waals surface area contributed by atoms with Gasteiger partial charge in [-0.05, 0) is 12.1 Å². The number of benzene rings is 3. The van der Waals surface area contributed by atoms with Crippen molar-refractivity contribution in [2.45, 2.75) is 38.4 Å². The largest absolute Gasteiger partial charge is 0.493 e. The van der Waals surface area contributed by atoms with Crippen LogP contribution in [0.3, 0.4) is 0 Å². The summed E-state index contributed by atoms with van der Waals surface area (Å²) < 4.78 is 23.7. The summed E-state index contributed by atoms with van der Waals surface area (Å²) in [4.78, 5) is 26.3. The van der Waals surface area contributed by atoms with Crippen molar-refractivity contribution < 1.29 is 28.8 Å². The average molecular weight is 530 g/mol. The number of rotatable bonds is 12. The molecule has 0 bridgehead atoms. The molecule has 1 atom stereocenters. The highest BCUT2D eigenvalue weighted by Crippen LogP contribution is 2.42. The van der Waals surface area contributed by atoms with Gasteiger partial charge in [-0.1, -0.05) is 74.5 Å². The zero-order valence-corrected chi connectivity index (χ0v) is 22.3. The first-order valence-electron chi connectivity index (χ1n) is 12.6. The number of aliphatic carboxylic acids is 1. The Morgan fingerprint density at radius 1 is 0.795 bits per heavy atom. The van der Waals surface area contributed by atoms with Crippen molar-refractivity contribution in [3.63, 3.8) is 0 Å². The molecule has 1 aromatic heterocycles. The fraction of sp³-hybridized carbons (Fsp3) is 0.267. The van der Waals surface area contributed by atoms with E-state index in [4.69, 9.17) is 18.9 Å². The van der Waals surface area contributed by atoms with Crippen molar-refractivity contribution in [1.29, 1.82) is 0 Å². The Hall–Kier alpha value is -4.66. The molecule has 9 nitrogen and oxygen atoms in total. The maximum Gasteiger partial charge on any atom is 0.350 e. The van der Waals surface area contributed by atoms with Gasteiger partial charge in [0.15, 0.2) is 11.5 Å². The molecule has 1 unspecified atom stereocenters. The Morgan fingerprint density at radius 3 is 1.79 bits per heavy atom. The fourth-order valence-corrected chi connectivity index (χ4v) is 4.30. The van der Waals surface area contributed by atoms with Crippen LogP contribution in [0.25, 0.3) is 0 Å². The number of aryl methyl sites for hydroxylation is 2. The number of carboxylic acids is 1. The van der Waals surface area contributed by atoms with E-state index in [9.17, 15) is 9.90 Å². The highest BCUT2D eigenvalue weighted by atomic mass is 16.6. The monoisotopic (exact) mass is 529 g/mol. The van der Waals surface area contributed by atoms with Gasteiger partial charge in [0, 0.05) is 30.0 Å². The average Bonchev–Trinajstić information content (AvgIpc) is 2.99. The molecule has 4 rings (SSSR count). The van der Waals surface area contributed by atoms with Gasteiger partial charge in [0.05, 0.1) is 14.2 Å². The maximum absolute atomic E-state index is 13.1. The Balaban J connectivity index is 1.97. The first-order valence-corrected chi connectivity index (χ1v) is 12.6. The quantitative estimate of drug-likeness (QED) is 0.275. The van der Waals surface area contributed by atoms with Crippen molar-refractivity contribution in [3.05, 3.63) is 102 Å². The minimum atomic E-state index is -1.67. The van der Waals surface area contributed by atoms with Gasteiger partial charge in [-0.25, -0.2) is 9.78 Å². The summed E-state index contributed by atoms with van der Waals surface area (Å²) in [6.45, 7) is 3.82. The van der Waals surface area contributed by atoms with Gasteiger partial charge in [-0.15, -0.1) is 0 Å². The summed E-state index contributed by atoms with van der Waals surface area (Å²) in [5.74, 6) is 1.02. The lowest BCUT2D eigenvalue weighted by Gasteiger charge is -2.39. The summed E-state index contributed by atoms with van der Waals surface area (Å²) in [7, 11) is 3.05. The lowest BCUT2D eigenvalue weighted by atomic mass is 9.81. The second-order valence-electron chi connectivity index (χ2n) is 8.58. The van der Waals surface area contributed by atoms with Crippen LogP contribution in [0.2, 0.25) is 0 Å². The lowest BCUT2D eigenvalue weighted by Crippen LogP contribution is -2.53. The molecule has 1 heterocycles. The standard InChI is InChI=1S/C30H31N3O6/c1-5-25-31-26(6-2)33-29(32-25)38-27(28(34)35)30(20-13-9-7-10-14-20,21-15-11-8-12-16-21)39-22-17-18-23(36-3)24(19-22)37-4/h7-19,27H,5-6H2,1-4H3,(H,34,35). The molecule has 0 aliphatic carbocycles. The van der Waals surface area contributed by atoms with E-state index in [2.05, 4.69) is 15.0 Å². The highest BCUT2D eigenvalue weighted by molar-refractivity contribution is 5.76. The number of hydrogen-bond acceptors (Lipinski definition) is 8. The number of nitrogens with zero attached hydrogens (tertiary/aromatic N) is 3. The van der Waals surface area contributed by atoms with Crippen molar-refractivity contribution in [1.82, 2.24) is 15.0 Å². The van der Waals surface area contributed by atoms with Crippen LogP contribution in [0.5, 0.6) is 23.3 Å². The summed E-state index contributed by atoms with van der Waals surface area (Å²) in [5.41, 5.74) is -0.558. The molecule has 0 saturated carbocycles. The van der Waals surface area contributed by atoms with Gasteiger partial charge in [-0.2, -0.15) is 9.97 Å². The molecule has 3 aromatic carbocycles. The second-order valence-corrected chi connectivity index (χ2v) is 8.58. The SMILES string of the molecule is CCc1nc(CC)nc(OC(C(=O)O)C(Oc2ccc(OC)c(OC)c2)(c2ccccc2)c2ccccc2)n1. The summed E-state index contributed by atoms with van der Waals surface area (Å²) >= 11 is 0. The first-order chi connectivity index (χ1) is 18.9. The zero-order chi connectivity index (χ0) is 27.8. The molecule has 1 N–H and O–H groups in total. The third-order valence-corrected chi connectivity index (χ3v) is 6.20. The Labute approximate surface area is 227 Å². The van der Waals surface area contributed by atoms with Crippen LogP contribution >= 0.6 is 0 Å². The van der Waals surface area contributed by atoms with Crippen molar-refractivity contribution in [2.24, 2.45) is 0 Å². The first kappa shape index (κ1) is 27.4. The van der Waals surface area contributed by atoms with E-state index in [1.54, 1.807) is 42.5 Å². The van der Waals surface area contributed by atoms with Gasteiger partial charge >= 0.3 is 12.0 Å². The van der Waals surface area contributed by atoms with Crippen LogP contribution in [-0.4, -0.2) is 46.4 Å². The Morgan fingerprint density at radius 2 is 1.33 bits per heavy atom. The van der Waals surface area contributed by atoms with Crippen molar-refractivity contribution in [2.75, 3.05) is 14.2 Å². The summed E-state index contributed by atoms with van der Waals surface area (Å²) in [6.07, 6.45) is -0.532. The molecule has 0 fully saturated rings. The number of carbonyl (C=O) groups is 1. The van der Waals surface area contributed by atoms with E-state index in [-0.39, 0.29) is 6.01 Å². The summed E-state index contributed by atoms with van der Waals surface area (Å²) in [5, 5.41) is 10.7. The van der Waals surface area contributed by atoms with Crippen LogP contribution < -0.4 is 18.9 Å². The Bertz CT molecular complexity index is 1340. The van der Waals surface area contributed by atoms with Crippen LogP contribution in [0.15, 0.2) is 78.9 Å². The van der Waals surface area contributed by atoms with Gasteiger partial charge in [0.2, 0.25) is 11.7 Å². The predicted molar refractivity (Wildman–Crippen MR) is 144 cm³/mol. The van der Waals surface area contributed by atoms with Crippen LogP contribution in [0.4, 0.5) is 0 Å². The molecule has 0 aliphatic heterocycles. The highest BCUT2D eigenvalue weighted by Gasteiger charge is 2.51. The van der Waals surface area contributed by atoms with Gasteiger partial charge < -0.3 is 24.1 Å². The van der Waals surface area contributed by atoms with Crippen LogP contribution in [0.1, 0.15) is 36.6 Å². The third kappa shape index (κ3) is 5.77. The van der Waals surface area contributed by atoms with E-state index in [1.165, 1.54) is 14.2 Å². The van der Waals surface area contributed by atoms with E-state index >= 15 is 0 Å². The smallest absolute Gasteiger partial charge is 0.350 e. The molecule has 39 heavy (non-hydrogen) atoms. The number of aromatic nitrogens is 3. The zero-order valence-electron chi connectivity index (χ0n) is 22.3. The van der Waals surface area contributed by atoms with Crippen molar-refractivity contribution >= 4 is 5.97 Å². The summed E-state index contributed by atoms with van der Waals surface area (Å²) in [6, 6.07) is 23.1. The molecule has 0 radical (unpaired) electrons. The maximum atomic E-state index is 13.1. The number of ether oxygens (including phenoxy) is 4. The molecule has 4 aromatic rings. The normalized spacial score (nSPS) is 11.9. The number of methoxy groups -OCH3 is 2. The van der Waals surface area contributed by atoms with E-state index < -0.39 is 17.7 Å². The Kier molecular flexibility index (Phi) is 8.60. The number of hydrogen-bond donors (Lipinski definition) is 1. The lowest BCUT2D eigenvalue weighted by molar-refractivity contribution is -0.155. The van der Waals surface area contributed by atoms with Gasteiger partial charge in [0.25, 0.3) is 0 Å². The molecular formula is C30H31N3O6. The fourth-order valence-electron chi connectivity index (χ4n) is 4.30. The van der Waals surface area contributed by atoms with E-state index in [0.29, 0.717) is 52.9 Å². The minimum absolute atomic E-state index is 0.0850. The van der Waals surface area contributed by atoms with E-state index in [1.807, 2.05) is 50.2 Å². The molecule has 0 saturated heterocycles. The van der Waals surface area contributed by atoms with Gasteiger partial charge in [0.1, 0.15) is 17.4 Å². The van der Waals surface area contributed by atoms with Crippen LogP contribution in [0, 0.1) is 0 Å². The van der Waals surface area contributed by atoms with Crippen LogP contribution in [-0.2, 0) is 23.2 Å².